The molecule has 1 heterocycles. The average Bonchev–Trinajstić information content (AvgIpc) is 1.99. The highest BCUT2D eigenvalue weighted by Crippen LogP contribution is 1.97. The van der Waals surface area contributed by atoms with Gasteiger partial charge in [0, 0.05) is 0 Å². The molecule has 0 radical (unpaired) electrons. The van der Waals surface area contributed by atoms with Crippen molar-refractivity contribution in [1.29, 1.82) is 0 Å². The molecular weight excluding hydrogens is 122 g/mol. The molecule has 3 N–H and O–H groups in total. The molecule has 0 aromatic carbocycles. The predicted molar refractivity (Wildman–Crippen MR) is 30.8 cm³/mol. The largest absolute Gasteiger partial charge is 0.389 e. The van der Waals surface area contributed by atoms with Gasteiger partial charge in [-0.3, -0.25) is 0 Å². The lowest BCUT2D eigenvalue weighted by molar-refractivity contribution is -0.0421. The molecule has 1 rings (SSSR count). The Morgan fingerprint density at radius 1 is 1.33 bits per heavy atom. The molecule has 0 amide bonds. The summed E-state index contributed by atoms with van der Waals surface area (Å²) in [6.07, 6.45) is -0.576. The van der Waals surface area contributed by atoms with Gasteiger partial charge in [0.05, 0.1) is 25.4 Å². The summed E-state index contributed by atoms with van der Waals surface area (Å²) in [5.41, 5.74) is 5.42. The van der Waals surface area contributed by atoms with Crippen LogP contribution in [0.15, 0.2) is 0 Å². The summed E-state index contributed by atoms with van der Waals surface area (Å²) < 4.78 is 9.69. The van der Waals surface area contributed by atoms with Crippen molar-refractivity contribution in [3.8, 4) is 0 Å². The van der Waals surface area contributed by atoms with Crippen molar-refractivity contribution in [2.24, 2.45) is 5.73 Å². The van der Waals surface area contributed by atoms with Crippen molar-refractivity contribution in [1.82, 2.24) is 0 Å². The fraction of sp³-hybridized carbons (Fsp3) is 1.00. The first-order chi connectivity index (χ1) is 4.30. The highest BCUT2D eigenvalue weighted by molar-refractivity contribution is 4.71. The third kappa shape index (κ3) is 1.91. The maximum absolute atomic E-state index is 9.03. The Balaban J connectivity index is 2.32. The van der Waals surface area contributed by atoms with Crippen LogP contribution in [-0.4, -0.2) is 37.3 Å². The maximum atomic E-state index is 9.03. The van der Waals surface area contributed by atoms with E-state index in [-0.39, 0.29) is 19.4 Å². The molecule has 2 atom stereocenters. The number of rotatable bonds is 0. The van der Waals surface area contributed by atoms with E-state index in [4.69, 9.17) is 20.3 Å². The number of ether oxygens (including phenoxy) is 2. The lowest BCUT2D eigenvalue weighted by Crippen LogP contribution is -2.39. The van der Waals surface area contributed by atoms with Gasteiger partial charge in [0.25, 0.3) is 0 Å². The van der Waals surface area contributed by atoms with Crippen LogP contribution in [0.3, 0.4) is 0 Å². The van der Waals surface area contributed by atoms with E-state index in [9.17, 15) is 0 Å². The highest BCUT2D eigenvalue weighted by Gasteiger charge is 2.17. The summed E-state index contributed by atoms with van der Waals surface area (Å²) in [5, 5.41) is 9.03. The van der Waals surface area contributed by atoms with Crippen LogP contribution >= 0.6 is 0 Å². The van der Waals surface area contributed by atoms with Gasteiger partial charge in [-0.15, -0.1) is 0 Å². The lowest BCUT2D eigenvalue weighted by Gasteiger charge is -2.11. The van der Waals surface area contributed by atoms with E-state index in [1.54, 1.807) is 0 Å². The second-order valence-corrected chi connectivity index (χ2v) is 2.09. The fourth-order valence-electron chi connectivity index (χ4n) is 0.647. The first-order valence-corrected chi connectivity index (χ1v) is 2.90. The van der Waals surface area contributed by atoms with E-state index in [1.165, 1.54) is 0 Å². The van der Waals surface area contributed by atoms with Gasteiger partial charge < -0.3 is 20.3 Å². The van der Waals surface area contributed by atoms with E-state index in [1.807, 2.05) is 0 Å². The van der Waals surface area contributed by atoms with Gasteiger partial charge in [-0.25, -0.2) is 0 Å². The second kappa shape index (κ2) is 3.12. The zero-order chi connectivity index (χ0) is 6.69. The number of nitrogens with two attached hydrogens (primary N) is 1. The molecule has 0 unspecified atom stereocenters. The Morgan fingerprint density at radius 2 is 2.00 bits per heavy atom. The summed E-state index contributed by atoms with van der Waals surface area (Å²) in [6.45, 7) is 0.896. The highest BCUT2D eigenvalue weighted by atomic mass is 16.7. The van der Waals surface area contributed by atoms with Gasteiger partial charge in [0.2, 0.25) is 0 Å². The van der Waals surface area contributed by atoms with Crippen LogP contribution in [0, 0.1) is 0 Å². The molecule has 4 heteroatoms. The van der Waals surface area contributed by atoms with Crippen LogP contribution in [0.5, 0.6) is 0 Å². The Labute approximate surface area is 53.6 Å². The minimum atomic E-state index is -0.576. The molecule has 1 aliphatic rings. The second-order valence-electron chi connectivity index (χ2n) is 2.09. The topological polar surface area (TPSA) is 64.7 Å². The SMILES string of the molecule is N[C@H]1COCOC[C@H]1O. The Bertz CT molecular complexity index is 78.3. The van der Waals surface area contributed by atoms with Gasteiger partial charge >= 0.3 is 0 Å². The molecule has 0 aromatic heterocycles. The Hall–Kier alpha value is -0.160. The number of aliphatic hydroxyl groups is 1. The lowest BCUT2D eigenvalue weighted by atomic mass is 10.2. The Morgan fingerprint density at radius 3 is 2.78 bits per heavy atom. The van der Waals surface area contributed by atoms with Crippen LogP contribution in [0.1, 0.15) is 0 Å². The smallest absolute Gasteiger partial charge is 0.146 e. The van der Waals surface area contributed by atoms with Gasteiger partial charge in [0.15, 0.2) is 0 Å². The van der Waals surface area contributed by atoms with E-state index in [2.05, 4.69) is 0 Å². The van der Waals surface area contributed by atoms with Crippen LogP contribution < -0.4 is 5.73 Å². The van der Waals surface area contributed by atoms with Gasteiger partial charge in [0.1, 0.15) is 6.79 Å². The fourth-order valence-corrected chi connectivity index (χ4v) is 0.647. The summed E-state index contributed by atoms with van der Waals surface area (Å²) in [6, 6.07) is -0.299. The number of hydrogen-bond acceptors (Lipinski definition) is 4. The normalized spacial score (nSPS) is 38.0. The molecule has 54 valence electrons. The minimum absolute atomic E-state index is 0.241. The zero-order valence-electron chi connectivity index (χ0n) is 5.12. The quantitative estimate of drug-likeness (QED) is 0.430. The molecule has 1 saturated heterocycles. The van der Waals surface area contributed by atoms with Gasteiger partial charge in [-0.05, 0) is 0 Å². The van der Waals surface area contributed by atoms with Crippen LogP contribution in [0.4, 0.5) is 0 Å². The molecule has 4 nitrogen and oxygen atoms in total. The third-order valence-corrected chi connectivity index (χ3v) is 1.26. The molecule has 0 bridgehead atoms. The summed E-state index contributed by atoms with van der Waals surface area (Å²) in [7, 11) is 0. The van der Waals surface area contributed by atoms with E-state index in [0.29, 0.717) is 6.61 Å². The molecule has 1 aliphatic heterocycles. The van der Waals surface area contributed by atoms with Crippen molar-refractivity contribution < 1.29 is 14.6 Å². The molecular formula is C5H11NO3. The first kappa shape index (κ1) is 6.95. The third-order valence-electron chi connectivity index (χ3n) is 1.26. The minimum Gasteiger partial charge on any atom is -0.389 e. The zero-order valence-corrected chi connectivity index (χ0v) is 5.12. The number of hydrogen-bond donors (Lipinski definition) is 2. The Kier molecular flexibility index (Phi) is 2.41. The van der Waals surface area contributed by atoms with Crippen molar-refractivity contribution in [2.45, 2.75) is 12.1 Å². The molecule has 0 saturated carbocycles. The van der Waals surface area contributed by atoms with Crippen molar-refractivity contribution in [2.75, 3.05) is 20.0 Å². The van der Waals surface area contributed by atoms with E-state index in [0.717, 1.165) is 0 Å². The van der Waals surface area contributed by atoms with Gasteiger partial charge in [-0.2, -0.15) is 0 Å². The molecule has 0 spiro atoms. The average molecular weight is 133 g/mol. The standard InChI is InChI=1S/C5H11NO3/c6-4-1-8-3-9-2-5(4)7/h4-5,7H,1-3,6H2/t4-,5+/m0/s1. The molecule has 0 aromatic rings. The van der Waals surface area contributed by atoms with E-state index >= 15 is 0 Å². The maximum Gasteiger partial charge on any atom is 0.146 e. The summed E-state index contributed by atoms with van der Waals surface area (Å²) >= 11 is 0. The monoisotopic (exact) mass is 133 g/mol. The van der Waals surface area contributed by atoms with Crippen LogP contribution in [0.25, 0.3) is 0 Å². The first-order valence-electron chi connectivity index (χ1n) is 2.90. The van der Waals surface area contributed by atoms with Crippen molar-refractivity contribution >= 4 is 0 Å². The van der Waals surface area contributed by atoms with Crippen LogP contribution in [-0.2, 0) is 9.47 Å². The van der Waals surface area contributed by atoms with Crippen molar-refractivity contribution in [3.05, 3.63) is 0 Å². The van der Waals surface area contributed by atoms with Gasteiger partial charge in [-0.1, -0.05) is 0 Å². The van der Waals surface area contributed by atoms with Crippen LogP contribution in [0.2, 0.25) is 0 Å². The molecule has 9 heavy (non-hydrogen) atoms. The molecule has 1 fully saturated rings. The molecule has 0 aliphatic carbocycles. The summed E-state index contributed by atoms with van der Waals surface area (Å²) in [5.74, 6) is 0. The summed E-state index contributed by atoms with van der Waals surface area (Å²) in [4.78, 5) is 0. The number of aliphatic hydroxyl groups excluding tert-OH is 1. The van der Waals surface area contributed by atoms with E-state index < -0.39 is 6.10 Å². The van der Waals surface area contributed by atoms with Crippen molar-refractivity contribution in [3.63, 3.8) is 0 Å². The predicted octanol–water partition coefficient (Wildman–Crippen LogP) is -1.32.